The normalized spacial score (nSPS) is 15.2. The highest BCUT2D eigenvalue weighted by molar-refractivity contribution is 7.89. The van der Waals surface area contributed by atoms with Gasteiger partial charge in [-0.2, -0.15) is 9.40 Å². The molecule has 0 aliphatic carbocycles. The number of sulfonamides is 1. The van der Waals surface area contributed by atoms with Crippen molar-refractivity contribution in [3.05, 3.63) is 41.5 Å². The molecule has 2 aromatic heterocycles. The molecule has 1 fully saturated rings. The Labute approximate surface area is 194 Å². The summed E-state index contributed by atoms with van der Waals surface area (Å²) in [6, 6.07) is 5.12. The highest BCUT2D eigenvalue weighted by Crippen LogP contribution is 2.24. The Morgan fingerprint density at radius 1 is 1.18 bits per heavy atom. The average Bonchev–Trinajstić information content (AvgIpc) is 3.37. The van der Waals surface area contributed by atoms with Crippen molar-refractivity contribution in [3.63, 3.8) is 0 Å². The summed E-state index contributed by atoms with van der Waals surface area (Å²) in [4.78, 5) is 17.2. The van der Waals surface area contributed by atoms with Crippen LogP contribution in [0.3, 0.4) is 0 Å². The molecule has 1 aliphatic heterocycles. The van der Waals surface area contributed by atoms with Crippen molar-refractivity contribution in [2.75, 3.05) is 19.6 Å². The first-order valence-corrected chi connectivity index (χ1v) is 13.0. The summed E-state index contributed by atoms with van der Waals surface area (Å²) in [5.74, 6) is 0.751. The molecule has 3 heterocycles. The number of aromatic amines is 1. The number of H-pyrrole nitrogens is 1. The van der Waals surface area contributed by atoms with Crippen LogP contribution in [-0.4, -0.2) is 58.0 Å². The molecule has 0 unspecified atom stereocenters. The van der Waals surface area contributed by atoms with Crippen molar-refractivity contribution in [3.8, 4) is 0 Å². The summed E-state index contributed by atoms with van der Waals surface area (Å²) >= 11 is 0. The summed E-state index contributed by atoms with van der Waals surface area (Å²) in [7, 11) is -1.60. The minimum absolute atomic E-state index is 0.0145. The van der Waals surface area contributed by atoms with Crippen LogP contribution in [0.1, 0.15) is 49.2 Å². The van der Waals surface area contributed by atoms with E-state index >= 15 is 0 Å². The van der Waals surface area contributed by atoms with Gasteiger partial charge in [-0.15, -0.1) is 0 Å². The van der Waals surface area contributed by atoms with Crippen LogP contribution in [0.4, 0.5) is 0 Å². The molecule has 9 nitrogen and oxygen atoms in total. The topological polar surface area (TPSA) is 113 Å². The van der Waals surface area contributed by atoms with Crippen molar-refractivity contribution in [1.29, 1.82) is 0 Å². The van der Waals surface area contributed by atoms with E-state index in [0.717, 1.165) is 49.1 Å². The van der Waals surface area contributed by atoms with Gasteiger partial charge in [-0.1, -0.05) is 6.42 Å². The van der Waals surface area contributed by atoms with Gasteiger partial charge in [-0.3, -0.25) is 9.89 Å². The van der Waals surface area contributed by atoms with Crippen molar-refractivity contribution in [1.82, 2.24) is 29.4 Å². The van der Waals surface area contributed by atoms with E-state index in [9.17, 15) is 13.2 Å². The van der Waals surface area contributed by atoms with E-state index in [2.05, 4.69) is 20.5 Å². The maximum atomic E-state index is 13.0. The molecule has 1 aromatic carbocycles. The number of amides is 1. The van der Waals surface area contributed by atoms with Crippen LogP contribution in [0.25, 0.3) is 11.0 Å². The van der Waals surface area contributed by atoms with E-state index in [1.54, 1.807) is 22.5 Å². The van der Waals surface area contributed by atoms with Crippen molar-refractivity contribution in [2.45, 2.75) is 56.8 Å². The van der Waals surface area contributed by atoms with E-state index in [0.29, 0.717) is 38.0 Å². The molecular formula is C23H32N6O3S. The average molecular weight is 473 g/mol. The van der Waals surface area contributed by atoms with Crippen LogP contribution in [-0.2, 0) is 34.7 Å². The second kappa shape index (κ2) is 10.0. The number of nitrogens with zero attached hydrogens (tertiary/aromatic N) is 4. The molecule has 3 aromatic rings. The molecule has 0 spiro atoms. The van der Waals surface area contributed by atoms with Crippen LogP contribution in [0, 0.1) is 6.92 Å². The number of fused-ring (bicyclic) bond motifs is 1. The van der Waals surface area contributed by atoms with Crippen molar-refractivity contribution < 1.29 is 13.2 Å². The quantitative estimate of drug-likeness (QED) is 0.465. The third kappa shape index (κ3) is 5.27. The predicted molar refractivity (Wildman–Crippen MR) is 126 cm³/mol. The number of imidazole rings is 1. The number of piperidine rings is 1. The van der Waals surface area contributed by atoms with Gasteiger partial charge in [0, 0.05) is 45.2 Å². The van der Waals surface area contributed by atoms with Gasteiger partial charge in [0.15, 0.2) is 0 Å². The molecule has 0 atom stereocenters. The van der Waals surface area contributed by atoms with Crippen LogP contribution in [0.2, 0.25) is 0 Å². The fourth-order valence-electron chi connectivity index (χ4n) is 4.32. The Bertz CT molecular complexity index is 1220. The van der Waals surface area contributed by atoms with Gasteiger partial charge in [-0.25, -0.2) is 13.4 Å². The highest BCUT2D eigenvalue weighted by atomic mass is 32.2. The summed E-state index contributed by atoms with van der Waals surface area (Å²) in [6.45, 7) is 3.75. The van der Waals surface area contributed by atoms with E-state index in [1.807, 2.05) is 24.7 Å². The molecule has 2 N–H and O–H groups in total. The second-order valence-corrected chi connectivity index (χ2v) is 10.6. The summed E-state index contributed by atoms with van der Waals surface area (Å²) in [5, 5.41) is 9.89. The molecule has 178 valence electrons. The number of nitrogens with one attached hydrogen (secondary N) is 2. The molecule has 0 radical (unpaired) electrons. The number of rotatable bonds is 9. The van der Waals surface area contributed by atoms with Gasteiger partial charge >= 0.3 is 0 Å². The Balaban J connectivity index is 1.34. The maximum absolute atomic E-state index is 13.0. The lowest BCUT2D eigenvalue weighted by Crippen LogP contribution is -2.35. The summed E-state index contributed by atoms with van der Waals surface area (Å²) in [6.07, 6.45) is 7.26. The lowest BCUT2D eigenvalue weighted by Gasteiger charge is -2.25. The number of aryl methyl sites for hydroxylation is 4. The largest absolute Gasteiger partial charge is 0.356 e. The predicted octanol–water partition coefficient (Wildman–Crippen LogP) is 2.46. The van der Waals surface area contributed by atoms with Crippen molar-refractivity contribution >= 4 is 27.0 Å². The van der Waals surface area contributed by atoms with Crippen molar-refractivity contribution in [2.24, 2.45) is 7.05 Å². The molecule has 1 amide bonds. The minimum Gasteiger partial charge on any atom is -0.356 e. The van der Waals surface area contributed by atoms with Gasteiger partial charge < -0.3 is 9.88 Å². The van der Waals surface area contributed by atoms with E-state index in [4.69, 9.17) is 0 Å². The lowest BCUT2D eigenvalue weighted by atomic mass is 10.1. The Kier molecular flexibility index (Phi) is 7.14. The van der Waals surface area contributed by atoms with Crippen LogP contribution >= 0.6 is 0 Å². The number of carbonyl (C=O) groups excluding carboxylic acids is 1. The zero-order chi connectivity index (χ0) is 23.4. The first-order valence-electron chi connectivity index (χ1n) is 11.6. The molecule has 0 bridgehead atoms. The first-order chi connectivity index (χ1) is 15.9. The van der Waals surface area contributed by atoms with Gasteiger partial charge in [-0.05, 0) is 56.4 Å². The van der Waals surface area contributed by atoms with Gasteiger partial charge in [0.05, 0.1) is 22.1 Å². The lowest BCUT2D eigenvalue weighted by molar-refractivity contribution is -0.121. The molecule has 1 aliphatic rings. The molecule has 1 saturated heterocycles. The molecule has 4 rings (SSSR count). The van der Waals surface area contributed by atoms with Gasteiger partial charge in [0.25, 0.3) is 0 Å². The smallest absolute Gasteiger partial charge is 0.243 e. The fourth-order valence-corrected chi connectivity index (χ4v) is 5.85. The number of aromatic nitrogens is 4. The minimum atomic E-state index is -3.50. The zero-order valence-electron chi connectivity index (χ0n) is 19.3. The fraction of sp³-hybridized carbons (Fsp3) is 0.522. The van der Waals surface area contributed by atoms with Gasteiger partial charge in [0.1, 0.15) is 5.82 Å². The Morgan fingerprint density at radius 3 is 2.70 bits per heavy atom. The Hall–Kier alpha value is -2.72. The molecule has 0 saturated carbocycles. The zero-order valence-corrected chi connectivity index (χ0v) is 20.1. The monoisotopic (exact) mass is 472 g/mol. The van der Waals surface area contributed by atoms with Gasteiger partial charge in [0.2, 0.25) is 15.9 Å². The van der Waals surface area contributed by atoms with Crippen LogP contribution in [0.15, 0.2) is 29.3 Å². The number of benzene rings is 1. The van der Waals surface area contributed by atoms with Crippen LogP contribution < -0.4 is 5.32 Å². The Morgan fingerprint density at radius 2 is 1.97 bits per heavy atom. The summed E-state index contributed by atoms with van der Waals surface area (Å²) < 4.78 is 29.5. The molecular weight excluding hydrogens is 440 g/mol. The number of hydrogen-bond acceptors (Lipinski definition) is 5. The third-order valence-electron chi connectivity index (χ3n) is 6.35. The SMILES string of the molecule is Cc1[nH]ncc1CCCNC(=O)CCc1nc2cc(S(=O)(=O)N3CCCCC3)ccc2n1C. The maximum Gasteiger partial charge on any atom is 0.243 e. The second-order valence-electron chi connectivity index (χ2n) is 8.68. The standard InChI is InChI=1S/C23H32N6O3S/c1-17-18(16-25-27-17)7-6-12-24-23(30)11-10-22-26-20-15-19(8-9-21(20)28(22)2)33(31,32)29-13-4-3-5-14-29/h8-9,15-16H,3-7,10-14H2,1-2H3,(H,24,30)(H,25,27). The number of carbonyl (C=O) groups is 1. The first kappa shape index (κ1) is 23.4. The number of hydrogen-bond donors (Lipinski definition) is 2. The highest BCUT2D eigenvalue weighted by Gasteiger charge is 2.26. The van der Waals surface area contributed by atoms with E-state index in [-0.39, 0.29) is 10.8 Å². The van der Waals surface area contributed by atoms with Crippen LogP contribution in [0.5, 0.6) is 0 Å². The summed E-state index contributed by atoms with van der Waals surface area (Å²) in [5.41, 5.74) is 3.74. The molecule has 10 heteroatoms. The molecule has 33 heavy (non-hydrogen) atoms. The van der Waals surface area contributed by atoms with E-state index in [1.165, 1.54) is 5.56 Å². The van der Waals surface area contributed by atoms with E-state index < -0.39 is 10.0 Å². The third-order valence-corrected chi connectivity index (χ3v) is 8.25.